The van der Waals surface area contributed by atoms with Gasteiger partial charge in [0.2, 0.25) is 5.91 Å². The van der Waals surface area contributed by atoms with E-state index in [0.717, 1.165) is 45.5 Å². The van der Waals surface area contributed by atoms with E-state index in [1.165, 1.54) is 18.4 Å². The van der Waals surface area contributed by atoms with Crippen molar-refractivity contribution in [1.82, 2.24) is 15.5 Å². The Labute approximate surface area is 193 Å². The van der Waals surface area contributed by atoms with Crippen LogP contribution in [-0.2, 0) is 16.1 Å². The molecule has 4 unspecified atom stereocenters. The standard InChI is InChI=1S/C23H35N3O2.2ClH/c1-2-21(25-23(27)14-18-12-19-8-9-20(13-18)24-19)22-16-26(10-11-28-22)15-17-6-4-3-5-7-17;;/h3-7,18-22,24H,2,8-16H2,1H3,(H,25,27);2*1H. The molecule has 1 aromatic carbocycles. The second-order valence-corrected chi connectivity index (χ2v) is 8.89. The lowest BCUT2D eigenvalue weighted by molar-refractivity contribution is -0.125. The molecular weight excluding hydrogens is 421 g/mol. The number of nitrogens with zero attached hydrogens (tertiary/aromatic N) is 1. The van der Waals surface area contributed by atoms with Crippen molar-refractivity contribution in [3.05, 3.63) is 35.9 Å². The molecule has 3 saturated heterocycles. The van der Waals surface area contributed by atoms with Gasteiger partial charge in [0.1, 0.15) is 0 Å². The average molecular weight is 458 g/mol. The van der Waals surface area contributed by atoms with Crippen LogP contribution in [0.1, 0.15) is 51.0 Å². The van der Waals surface area contributed by atoms with Gasteiger partial charge in [-0.15, -0.1) is 24.8 Å². The fourth-order valence-corrected chi connectivity index (χ4v) is 5.29. The highest BCUT2D eigenvalue weighted by Crippen LogP contribution is 2.32. The highest BCUT2D eigenvalue weighted by Gasteiger charge is 2.35. The Balaban J connectivity index is 0.00000160. The minimum Gasteiger partial charge on any atom is -0.373 e. The van der Waals surface area contributed by atoms with Crippen LogP contribution in [0, 0.1) is 5.92 Å². The molecule has 4 atom stereocenters. The lowest BCUT2D eigenvalue weighted by Gasteiger charge is -2.37. The van der Waals surface area contributed by atoms with Gasteiger partial charge in [-0.3, -0.25) is 9.69 Å². The van der Waals surface area contributed by atoms with Crippen LogP contribution in [0.3, 0.4) is 0 Å². The Bertz CT molecular complexity index is 637. The Morgan fingerprint density at radius 2 is 1.90 bits per heavy atom. The maximum atomic E-state index is 12.7. The lowest BCUT2D eigenvalue weighted by atomic mass is 9.89. The Hall–Kier alpha value is -0.850. The quantitative estimate of drug-likeness (QED) is 0.657. The lowest BCUT2D eigenvalue weighted by Crippen LogP contribution is -2.53. The van der Waals surface area contributed by atoms with E-state index in [4.69, 9.17) is 4.74 Å². The van der Waals surface area contributed by atoms with Crippen molar-refractivity contribution >= 4 is 30.7 Å². The smallest absolute Gasteiger partial charge is 0.220 e. The number of halogens is 2. The number of carbonyl (C=O) groups excluding carboxylic acids is 1. The molecule has 5 nitrogen and oxygen atoms in total. The van der Waals surface area contributed by atoms with Crippen molar-refractivity contribution in [2.24, 2.45) is 5.92 Å². The molecule has 0 saturated carbocycles. The van der Waals surface area contributed by atoms with Crippen LogP contribution in [0.2, 0.25) is 0 Å². The first-order valence-electron chi connectivity index (χ1n) is 11.1. The van der Waals surface area contributed by atoms with Crippen molar-refractivity contribution in [1.29, 1.82) is 0 Å². The summed E-state index contributed by atoms with van der Waals surface area (Å²) in [7, 11) is 0. The molecule has 7 heteroatoms. The topological polar surface area (TPSA) is 53.6 Å². The van der Waals surface area contributed by atoms with Gasteiger partial charge < -0.3 is 15.4 Å². The molecule has 30 heavy (non-hydrogen) atoms. The number of hydrogen-bond acceptors (Lipinski definition) is 4. The van der Waals surface area contributed by atoms with Crippen LogP contribution in [0.15, 0.2) is 30.3 Å². The molecule has 0 radical (unpaired) electrons. The number of ether oxygens (including phenoxy) is 1. The number of amides is 1. The molecule has 3 heterocycles. The van der Waals surface area contributed by atoms with E-state index in [2.05, 4.69) is 52.8 Å². The van der Waals surface area contributed by atoms with E-state index >= 15 is 0 Å². The van der Waals surface area contributed by atoms with Crippen molar-refractivity contribution in [3.8, 4) is 0 Å². The molecule has 3 aliphatic heterocycles. The van der Waals surface area contributed by atoms with E-state index in [1.54, 1.807) is 0 Å². The van der Waals surface area contributed by atoms with Gasteiger partial charge in [-0.1, -0.05) is 37.3 Å². The summed E-state index contributed by atoms with van der Waals surface area (Å²) < 4.78 is 6.07. The number of rotatable bonds is 7. The highest BCUT2D eigenvalue weighted by molar-refractivity contribution is 5.85. The van der Waals surface area contributed by atoms with Crippen molar-refractivity contribution in [2.75, 3.05) is 19.7 Å². The number of morpholine rings is 1. The third kappa shape index (κ3) is 6.83. The predicted octanol–water partition coefficient (Wildman–Crippen LogP) is 3.55. The van der Waals surface area contributed by atoms with Crippen LogP contribution < -0.4 is 10.6 Å². The van der Waals surface area contributed by atoms with E-state index in [1.807, 2.05) is 0 Å². The summed E-state index contributed by atoms with van der Waals surface area (Å²) in [6.45, 7) is 5.67. The summed E-state index contributed by atoms with van der Waals surface area (Å²) >= 11 is 0. The molecule has 4 rings (SSSR count). The molecule has 1 amide bonds. The molecular formula is C23H37Cl2N3O2. The van der Waals surface area contributed by atoms with E-state index in [-0.39, 0.29) is 42.9 Å². The zero-order chi connectivity index (χ0) is 19.3. The average Bonchev–Trinajstić information content (AvgIpc) is 3.05. The highest BCUT2D eigenvalue weighted by atomic mass is 35.5. The van der Waals surface area contributed by atoms with Crippen LogP contribution in [0.5, 0.6) is 0 Å². The maximum absolute atomic E-state index is 12.7. The van der Waals surface area contributed by atoms with Gasteiger partial charge >= 0.3 is 0 Å². The van der Waals surface area contributed by atoms with Crippen LogP contribution in [0.25, 0.3) is 0 Å². The molecule has 0 spiro atoms. The number of fused-ring (bicyclic) bond motifs is 2. The number of hydrogen-bond donors (Lipinski definition) is 2. The molecule has 3 fully saturated rings. The second kappa shape index (κ2) is 12.3. The number of piperidine rings is 1. The monoisotopic (exact) mass is 457 g/mol. The van der Waals surface area contributed by atoms with Gasteiger partial charge in [0.25, 0.3) is 0 Å². The van der Waals surface area contributed by atoms with Crippen molar-refractivity contribution < 1.29 is 9.53 Å². The first-order chi connectivity index (χ1) is 13.7. The molecule has 3 aliphatic rings. The molecule has 0 aliphatic carbocycles. The molecule has 170 valence electrons. The van der Waals surface area contributed by atoms with E-state index in [0.29, 0.717) is 24.4 Å². The third-order valence-electron chi connectivity index (χ3n) is 6.71. The van der Waals surface area contributed by atoms with Gasteiger partial charge in [-0.2, -0.15) is 0 Å². The van der Waals surface area contributed by atoms with Crippen LogP contribution >= 0.6 is 24.8 Å². The summed E-state index contributed by atoms with van der Waals surface area (Å²) in [4.78, 5) is 15.2. The first kappa shape index (κ1) is 25.4. The van der Waals surface area contributed by atoms with Gasteiger partial charge in [-0.05, 0) is 43.6 Å². The summed E-state index contributed by atoms with van der Waals surface area (Å²) in [5.41, 5.74) is 1.33. The van der Waals surface area contributed by atoms with E-state index in [9.17, 15) is 4.79 Å². The van der Waals surface area contributed by atoms with Crippen molar-refractivity contribution in [3.63, 3.8) is 0 Å². The van der Waals surface area contributed by atoms with Gasteiger partial charge in [0, 0.05) is 38.1 Å². The zero-order valence-electron chi connectivity index (χ0n) is 17.9. The maximum Gasteiger partial charge on any atom is 0.220 e. The minimum atomic E-state index is 0. The van der Waals surface area contributed by atoms with Crippen LogP contribution in [0.4, 0.5) is 0 Å². The summed E-state index contributed by atoms with van der Waals surface area (Å²) in [5, 5.41) is 6.97. The minimum absolute atomic E-state index is 0. The molecule has 2 bridgehead atoms. The predicted molar refractivity (Wildman–Crippen MR) is 125 cm³/mol. The summed E-state index contributed by atoms with van der Waals surface area (Å²) in [5.74, 6) is 0.750. The Morgan fingerprint density at radius 3 is 2.57 bits per heavy atom. The second-order valence-electron chi connectivity index (χ2n) is 8.89. The van der Waals surface area contributed by atoms with Crippen LogP contribution in [-0.4, -0.2) is 54.7 Å². The number of nitrogens with one attached hydrogen (secondary N) is 2. The summed E-state index contributed by atoms with van der Waals surface area (Å²) in [6.07, 6.45) is 6.55. The molecule has 2 N–H and O–H groups in total. The third-order valence-corrected chi connectivity index (χ3v) is 6.71. The first-order valence-corrected chi connectivity index (χ1v) is 11.1. The van der Waals surface area contributed by atoms with Gasteiger partial charge in [0.15, 0.2) is 0 Å². The zero-order valence-corrected chi connectivity index (χ0v) is 19.6. The number of benzene rings is 1. The largest absolute Gasteiger partial charge is 0.373 e. The summed E-state index contributed by atoms with van der Waals surface area (Å²) in [6, 6.07) is 12.0. The molecule has 0 aromatic heterocycles. The Morgan fingerprint density at radius 1 is 1.20 bits per heavy atom. The number of carbonyl (C=O) groups is 1. The van der Waals surface area contributed by atoms with E-state index < -0.39 is 0 Å². The fourth-order valence-electron chi connectivity index (χ4n) is 5.29. The van der Waals surface area contributed by atoms with Gasteiger partial charge in [-0.25, -0.2) is 0 Å². The fraction of sp³-hybridized carbons (Fsp3) is 0.696. The van der Waals surface area contributed by atoms with Gasteiger partial charge in [0.05, 0.1) is 18.8 Å². The van der Waals surface area contributed by atoms with Crippen molar-refractivity contribution in [2.45, 2.75) is 76.2 Å². The molecule has 1 aromatic rings. The normalized spacial score (nSPS) is 29.4. The Kier molecular flexibility index (Phi) is 10.4. The SMILES string of the molecule is CCC(NC(=O)CC1CC2CCC(C1)N2)C1CN(Cc2ccccc2)CCO1.Cl.Cl.